The number of likely N-dealkylation sites (tertiary alicyclic amines) is 1. The zero-order valence-electron chi connectivity index (χ0n) is 12.7. The predicted molar refractivity (Wildman–Crippen MR) is 84.0 cm³/mol. The van der Waals surface area contributed by atoms with Gasteiger partial charge in [-0.15, -0.1) is 0 Å². The number of amides is 1. The van der Waals surface area contributed by atoms with Crippen molar-refractivity contribution in [1.29, 1.82) is 0 Å². The standard InChI is InChI=1S/C18H18FNO3/c19-14-5-4-8-16(11-14)23-17-9-10-20(12-17)18(21)13-22-15-6-2-1-3-7-15/h1-8,11,17H,9-10,12-13H2. The van der Waals surface area contributed by atoms with Gasteiger partial charge in [0.05, 0.1) is 6.54 Å². The van der Waals surface area contributed by atoms with Gasteiger partial charge in [0.15, 0.2) is 6.61 Å². The Labute approximate surface area is 134 Å². The summed E-state index contributed by atoms with van der Waals surface area (Å²) in [5.41, 5.74) is 0. The van der Waals surface area contributed by atoms with Gasteiger partial charge in [-0.05, 0) is 24.3 Å². The molecule has 1 atom stereocenters. The summed E-state index contributed by atoms with van der Waals surface area (Å²) in [6.45, 7) is 1.13. The Morgan fingerprint density at radius 3 is 2.70 bits per heavy atom. The number of nitrogens with zero attached hydrogens (tertiary/aromatic N) is 1. The molecular weight excluding hydrogens is 297 g/mol. The first-order valence-corrected chi connectivity index (χ1v) is 7.58. The molecular formula is C18H18FNO3. The van der Waals surface area contributed by atoms with Gasteiger partial charge in [-0.3, -0.25) is 4.79 Å². The van der Waals surface area contributed by atoms with E-state index in [1.165, 1.54) is 12.1 Å². The number of rotatable bonds is 5. The SMILES string of the molecule is O=C(COc1ccccc1)N1CCC(Oc2cccc(F)c2)C1. The molecule has 1 aliphatic heterocycles. The maximum absolute atomic E-state index is 13.1. The van der Waals surface area contributed by atoms with E-state index >= 15 is 0 Å². The lowest BCUT2D eigenvalue weighted by Gasteiger charge is -2.17. The summed E-state index contributed by atoms with van der Waals surface area (Å²) in [6.07, 6.45) is 0.616. The molecule has 23 heavy (non-hydrogen) atoms. The molecule has 0 aliphatic carbocycles. The average Bonchev–Trinajstić information content (AvgIpc) is 3.02. The zero-order chi connectivity index (χ0) is 16.1. The molecule has 3 rings (SSSR count). The number of ether oxygens (including phenoxy) is 2. The van der Waals surface area contributed by atoms with Crippen molar-refractivity contribution in [2.45, 2.75) is 12.5 Å². The molecule has 0 spiro atoms. The molecule has 0 bridgehead atoms. The van der Waals surface area contributed by atoms with Crippen LogP contribution in [0.2, 0.25) is 0 Å². The Morgan fingerprint density at radius 2 is 1.91 bits per heavy atom. The van der Waals surface area contributed by atoms with Crippen molar-refractivity contribution < 1.29 is 18.7 Å². The quantitative estimate of drug-likeness (QED) is 0.851. The fourth-order valence-corrected chi connectivity index (χ4v) is 2.54. The Kier molecular flexibility index (Phi) is 4.76. The fourth-order valence-electron chi connectivity index (χ4n) is 2.54. The van der Waals surface area contributed by atoms with E-state index < -0.39 is 0 Å². The smallest absolute Gasteiger partial charge is 0.260 e. The summed E-state index contributed by atoms with van der Waals surface area (Å²) in [6, 6.07) is 15.3. The van der Waals surface area contributed by atoms with Gasteiger partial charge in [-0.2, -0.15) is 0 Å². The highest BCUT2D eigenvalue weighted by Crippen LogP contribution is 2.19. The molecule has 2 aromatic rings. The molecule has 5 heteroatoms. The third-order valence-electron chi connectivity index (χ3n) is 3.70. The molecule has 1 aliphatic rings. The van der Waals surface area contributed by atoms with Crippen LogP contribution in [0.3, 0.4) is 0 Å². The average molecular weight is 315 g/mol. The van der Waals surface area contributed by atoms with Crippen LogP contribution in [0, 0.1) is 5.82 Å². The van der Waals surface area contributed by atoms with E-state index in [1.54, 1.807) is 17.0 Å². The second-order valence-electron chi connectivity index (χ2n) is 5.43. The molecule has 0 aromatic heterocycles. The third-order valence-corrected chi connectivity index (χ3v) is 3.70. The molecule has 1 saturated heterocycles. The molecule has 0 radical (unpaired) electrons. The molecule has 1 unspecified atom stereocenters. The summed E-state index contributed by atoms with van der Waals surface area (Å²) in [4.78, 5) is 13.9. The van der Waals surface area contributed by atoms with Crippen LogP contribution in [-0.4, -0.2) is 36.6 Å². The van der Waals surface area contributed by atoms with Crippen molar-refractivity contribution in [1.82, 2.24) is 4.90 Å². The van der Waals surface area contributed by atoms with E-state index in [0.29, 0.717) is 24.6 Å². The van der Waals surface area contributed by atoms with Crippen molar-refractivity contribution in [2.24, 2.45) is 0 Å². The highest BCUT2D eigenvalue weighted by molar-refractivity contribution is 5.78. The monoisotopic (exact) mass is 315 g/mol. The summed E-state index contributed by atoms with van der Waals surface area (Å²) >= 11 is 0. The van der Waals surface area contributed by atoms with E-state index in [0.717, 1.165) is 6.42 Å². The van der Waals surface area contributed by atoms with Gasteiger partial charge in [-0.1, -0.05) is 24.3 Å². The van der Waals surface area contributed by atoms with Crippen molar-refractivity contribution in [2.75, 3.05) is 19.7 Å². The van der Waals surface area contributed by atoms with Crippen molar-refractivity contribution >= 4 is 5.91 Å². The molecule has 0 saturated carbocycles. The van der Waals surface area contributed by atoms with E-state index in [4.69, 9.17) is 9.47 Å². The van der Waals surface area contributed by atoms with Gasteiger partial charge in [0.2, 0.25) is 0 Å². The second-order valence-corrected chi connectivity index (χ2v) is 5.43. The first-order valence-electron chi connectivity index (χ1n) is 7.58. The minimum Gasteiger partial charge on any atom is -0.488 e. The van der Waals surface area contributed by atoms with Crippen LogP contribution in [0.1, 0.15) is 6.42 Å². The van der Waals surface area contributed by atoms with Crippen LogP contribution >= 0.6 is 0 Å². The number of carbonyl (C=O) groups excluding carboxylic acids is 1. The van der Waals surface area contributed by atoms with Crippen LogP contribution < -0.4 is 9.47 Å². The number of halogens is 1. The molecule has 4 nitrogen and oxygen atoms in total. The predicted octanol–water partition coefficient (Wildman–Crippen LogP) is 2.88. The molecule has 1 heterocycles. The minimum atomic E-state index is -0.329. The van der Waals surface area contributed by atoms with Crippen molar-refractivity contribution in [3.05, 3.63) is 60.4 Å². The Bertz CT molecular complexity index is 662. The zero-order valence-corrected chi connectivity index (χ0v) is 12.7. The number of hydrogen-bond acceptors (Lipinski definition) is 3. The van der Waals surface area contributed by atoms with Crippen LogP contribution in [0.15, 0.2) is 54.6 Å². The number of benzene rings is 2. The molecule has 0 N–H and O–H groups in total. The Balaban J connectivity index is 1.48. The van der Waals surface area contributed by atoms with Crippen LogP contribution in [0.4, 0.5) is 4.39 Å². The largest absolute Gasteiger partial charge is 0.488 e. The first kappa shape index (κ1) is 15.3. The number of para-hydroxylation sites is 1. The van der Waals surface area contributed by atoms with Gasteiger partial charge in [0.25, 0.3) is 5.91 Å². The summed E-state index contributed by atoms with van der Waals surface area (Å²) in [7, 11) is 0. The van der Waals surface area contributed by atoms with Crippen LogP contribution in [-0.2, 0) is 4.79 Å². The molecule has 1 amide bonds. The molecule has 120 valence electrons. The van der Waals surface area contributed by atoms with E-state index in [1.807, 2.05) is 30.3 Å². The number of carbonyl (C=O) groups is 1. The lowest BCUT2D eigenvalue weighted by Crippen LogP contribution is -2.34. The van der Waals surface area contributed by atoms with Gasteiger partial charge >= 0.3 is 0 Å². The van der Waals surface area contributed by atoms with Gasteiger partial charge < -0.3 is 14.4 Å². The van der Waals surface area contributed by atoms with E-state index in [2.05, 4.69) is 0 Å². The fraction of sp³-hybridized carbons (Fsp3) is 0.278. The van der Waals surface area contributed by atoms with Gasteiger partial charge in [0.1, 0.15) is 23.4 Å². The maximum atomic E-state index is 13.1. The molecule has 1 fully saturated rings. The molecule has 2 aromatic carbocycles. The number of hydrogen-bond donors (Lipinski definition) is 0. The summed E-state index contributed by atoms with van der Waals surface area (Å²) in [5.74, 6) is 0.765. The van der Waals surface area contributed by atoms with Gasteiger partial charge in [-0.25, -0.2) is 4.39 Å². The topological polar surface area (TPSA) is 38.8 Å². The lowest BCUT2D eigenvalue weighted by molar-refractivity contribution is -0.132. The maximum Gasteiger partial charge on any atom is 0.260 e. The Morgan fingerprint density at radius 1 is 1.13 bits per heavy atom. The van der Waals surface area contributed by atoms with E-state index in [-0.39, 0.29) is 24.4 Å². The van der Waals surface area contributed by atoms with Crippen molar-refractivity contribution in [3.8, 4) is 11.5 Å². The second kappa shape index (κ2) is 7.13. The highest BCUT2D eigenvalue weighted by Gasteiger charge is 2.27. The van der Waals surface area contributed by atoms with Gasteiger partial charge in [0, 0.05) is 19.0 Å². The minimum absolute atomic E-state index is 0.0106. The third kappa shape index (κ3) is 4.22. The van der Waals surface area contributed by atoms with Crippen molar-refractivity contribution in [3.63, 3.8) is 0 Å². The normalized spacial score (nSPS) is 17.1. The Hall–Kier alpha value is -2.56. The summed E-state index contributed by atoms with van der Waals surface area (Å²) in [5, 5.41) is 0. The highest BCUT2D eigenvalue weighted by atomic mass is 19.1. The van der Waals surface area contributed by atoms with E-state index in [9.17, 15) is 9.18 Å². The van der Waals surface area contributed by atoms with Crippen LogP contribution in [0.25, 0.3) is 0 Å². The first-order chi connectivity index (χ1) is 11.2. The summed E-state index contributed by atoms with van der Waals surface area (Å²) < 4.78 is 24.3. The lowest BCUT2D eigenvalue weighted by atomic mass is 10.3. The van der Waals surface area contributed by atoms with Crippen LogP contribution in [0.5, 0.6) is 11.5 Å².